The Morgan fingerprint density at radius 2 is 2.18 bits per heavy atom. The number of rotatable bonds is 4. The first-order chi connectivity index (χ1) is 10.4. The largest absolute Gasteiger partial charge is 0.378 e. The fraction of sp³-hybridized carbons (Fsp3) is 0.706. The van der Waals surface area contributed by atoms with Gasteiger partial charge in [0.25, 0.3) is 0 Å². The van der Waals surface area contributed by atoms with Gasteiger partial charge in [-0.2, -0.15) is 0 Å². The van der Waals surface area contributed by atoms with Crippen LogP contribution < -0.4 is 5.32 Å². The highest BCUT2D eigenvalue weighted by molar-refractivity contribution is 5.85. The van der Waals surface area contributed by atoms with E-state index in [0.717, 1.165) is 38.6 Å². The Morgan fingerprint density at radius 1 is 1.36 bits per heavy atom. The van der Waals surface area contributed by atoms with Gasteiger partial charge in [0.2, 0.25) is 0 Å². The molecule has 4 nitrogen and oxygen atoms in total. The molecule has 124 valence electrons. The Kier molecular flexibility index (Phi) is 7.09. The second-order valence-electron chi connectivity index (χ2n) is 6.29. The van der Waals surface area contributed by atoms with Crippen molar-refractivity contribution < 1.29 is 4.74 Å². The fourth-order valence-electron chi connectivity index (χ4n) is 3.62. The topological polar surface area (TPSA) is 37.4 Å². The molecule has 5 heteroatoms. The van der Waals surface area contributed by atoms with Gasteiger partial charge in [0, 0.05) is 51.2 Å². The molecule has 0 aromatic carbocycles. The second kappa shape index (κ2) is 8.82. The van der Waals surface area contributed by atoms with Crippen LogP contribution in [0.15, 0.2) is 24.5 Å². The van der Waals surface area contributed by atoms with Crippen LogP contribution in [0.4, 0.5) is 0 Å². The van der Waals surface area contributed by atoms with Gasteiger partial charge < -0.3 is 10.1 Å². The number of ether oxygens (including phenoxy) is 1. The minimum Gasteiger partial charge on any atom is -0.378 e. The van der Waals surface area contributed by atoms with Crippen molar-refractivity contribution >= 4 is 12.4 Å². The molecular formula is C17H28ClN3O. The average Bonchev–Trinajstić information content (AvgIpc) is 2.56. The fourth-order valence-corrected chi connectivity index (χ4v) is 3.62. The Hall–Kier alpha value is -0.680. The molecule has 3 rings (SSSR count). The zero-order valence-electron chi connectivity index (χ0n) is 13.4. The van der Waals surface area contributed by atoms with Gasteiger partial charge in [0.05, 0.1) is 6.10 Å². The van der Waals surface area contributed by atoms with E-state index in [-0.39, 0.29) is 12.4 Å². The normalized spacial score (nSPS) is 29.8. The third kappa shape index (κ3) is 4.42. The molecule has 0 amide bonds. The van der Waals surface area contributed by atoms with E-state index in [0.29, 0.717) is 12.1 Å². The highest BCUT2D eigenvalue weighted by Crippen LogP contribution is 2.28. The van der Waals surface area contributed by atoms with Crippen LogP contribution in [0.25, 0.3) is 0 Å². The highest BCUT2D eigenvalue weighted by Gasteiger charge is 2.28. The number of piperazine rings is 1. The van der Waals surface area contributed by atoms with E-state index in [1.165, 1.54) is 24.9 Å². The standard InChI is InChI=1S/C17H27N3O.ClH/c1-2-16-11-14(5-10-21-16)13-20-9-8-19-12-17(20)15-3-6-18-7-4-15;/h3-4,6-7,14,16-17,19H,2,5,8-13H2,1H3;1H. The molecule has 1 N–H and O–H groups in total. The third-order valence-corrected chi connectivity index (χ3v) is 4.87. The molecule has 2 aliphatic rings. The monoisotopic (exact) mass is 325 g/mol. The summed E-state index contributed by atoms with van der Waals surface area (Å²) in [5.74, 6) is 0.783. The van der Waals surface area contributed by atoms with Crippen molar-refractivity contribution in [2.45, 2.75) is 38.3 Å². The van der Waals surface area contributed by atoms with Crippen LogP contribution in [0.1, 0.15) is 37.8 Å². The molecule has 0 saturated carbocycles. The summed E-state index contributed by atoms with van der Waals surface area (Å²) in [6, 6.07) is 4.80. The van der Waals surface area contributed by atoms with E-state index in [2.05, 4.69) is 34.3 Å². The van der Waals surface area contributed by atoms with E-state index >= 15 is 0 Å². The third-order valence-electron chi connectivity index (χ3n) is 4.87. The smallest absolute Gasteiger partial charge is 0.0575 e. The van der Waals surface area contributed by atoms with Gasteiger partial charge in [-0.05, 0) is 42.9 Å². The first-order valence-corrected chi connectivity index (χ1v) is 8.33. The second-order valence-corrected chi connectivity index (χ2v) is 6.29. The molecule has 0 radical (unpaired) electrons. The van der Waals surface area contributed by atoms with Gasteiger partial charge in [0.15, 0.2) is 0 Å². The number of halogens is 1. The van der Waals surface area contributed by atoms with Gasteiger partial charge in [-0.25, -0.2) is 0 Å². The van der Waals surface area contributed by atoms with Gasteiger partial charge >= 0.3 is 0 Å². The van der Waals surface area contributed by atoms with Crippen molar-refractivity contribution in [3.05, 3.63) is 30.1 Å². The minimum atomic E-state index is 0. The number of nitrogens with one attached hydrogen (secondary N) is 1. The summed E-state index contributed by atoms with van der Waals surface area (Å²) in [6.45, 7) is 7.66. The first kappa shape index (κ1) is 17.7. The predicted molar refractivity (Wildman–Crippen MR) is 91.4 cm³/mol. The zero-order valence-corrected chi connectivity index (χ0v) is 14.2. The van der Waals surface area contributed by atoms with Gasteiger partial charge in [-0.3, -0.25) is 9.88 Å². The molecule has 1 aromatic rings. The van der Waals surface area contributed by atoms with Gasteiger partial charge in [-0.1, -0.05) is 6.92 Å². The lowest BCUT2D eigenvalue weighted by Gasteiger charge is -2.40. The van der Waals surface area contributed by atoms with Crippen LogP contribution in [0.3, 0.4) is 0 Å². The molecule has 3 heterocycles. The number of aromatic nitrogens is 1. The highest BCUT2D eigenvalue weighted by atomic mass is 35.5. The van der Waals surface area contributed by atoms with Crippen LogP contribution in [-0.2, 0) is 4.74 Å². The molecule has 2 saturated heterocycles. The van der Waals surface area contributed by atoms with Crippen molar-refractivity contribution in [1.29, 1.82) is 0 Å². The lowest BCUT2D eigenvalue weighted by atomic mass is 9.92. The maximum absolute atomic E-state index is 5.82. The Bertz CT molecular complexity index is 431. The summed E-state index contributed by atoms with van der Waals surface area (Å²) in [5.41, 5.74) is 1.39. The minimum absolute atomic E-state index is 0. The lowest BCUT2D eigenvalue weighted by Crippen LogP contribution is -2.48. The number of pyridine rings is 1. The van der Waals surface area contributed by atoms with Gasteiger partial charge in [-0.15, -0.1) is 12.4 Å². The number of nitrogens with zero attached hydrogens (tertiary/aromatic N) is 2. The number of hydrogen-bond acceptors (Lipinski definition) is 4. The van der Waals surface area contributed by atoms with E-state index in [4.69, 9.17) is 4.74 Å². The molecule has 3 atom stereocenters. The van der Waals surface area contributed by atoms with Crippen molar-refractivity contribution in [2.75, 3.05) is 32.8 Å². The molecule has 0 bridgehead atoms. The van der Waals surface area contributed by atoms with Crippen LogP contribution in [-0.4, -0.2) is 48.8 Å². The van der Waals surface area contributed by atoms with Crippen molar-refractivity contribution in [3.8, 4) is 0 Å². The van der Waals surface area contributed by atoms with E-state index in [9.17, 15) is 0 Å². The molecule has 2 aliphatic heterocycles. The molecular weight excluding hydrogens is 298 g/mol. The summed E-state index contributed by atoms with van der Waals surface area (Å²) >= 11 is 0. The summed E-state index contributed by atoms with van der Waals surface area (Å²) in [5, 5.41) is 3.53. The zero-order chi connectivity index (χ0) is 14.5. The Balaban J connectivity index is 0.00000176. The van der Waals surface area contributed by atoms with E-state index in [1.807, 2.05) is 12.4 Å². The molecule has 3 unspecified atom stereocenters. The predicted octanol–water partition coefficient (Wildman–Crippen LogP) is 2.65. The summed E-state index contributed by atoms with van der Waals surface area (Å²) in [4.78, 5) is 6.81. The maximum atomic E-state index is 5.82. The molecule has 1 aromatic heterocycles. The van der Waals surface area contributed by atoms with Crippen molar-refractivity contribution in [1.82, 2.24) is 15.2 Å². The molecule has 0 aliphatic carbocycles. The van der Waals surface area contributed by atoms with Crippen LogP contribution in [0.5, 0.6) is 0 Å². The average molecular weight is 326 g/mol. The first-order valence-electron chi connectivity index (χ1n) is 8.33. The Labute approximate surface area is 140 Å². The number of hydrogen-bond donors (Lipinski definition) is 1. The van der Waals surface area contributed by atoms with Gasteiger partial charge in [0.1, 0.15) is 0 Å². The van der Waals surface area contributed by atoms with Crippen molar-refractivity contribution in [2.24, 2.45) is 5.92 Å². The van der Waals surface area contributed by atoms with Crippen LogP contribution in [0, 0.1) is 5.92 Å². The summed E-state index contributed by atoms with van der Waals surface area (Å²) < 4.78 is 5.82. The molecule has 0 spiro atoms. The summed E-state index contributed by atoms with van der Waals surface area (Å²) in [7, 11) is 0. The lowest BCUT2D eigenvalue weighted by molar-refractivity contribution is -0.0223. The quantitative estimate of drug-likeness (QED) is 0.923. The van der Waals surface area contributed by atoms with E-state index < -0.39 is 0 Å². The maximum Gasteiger partial charge on any atom is 0.0575 e. The van der Waals surface area contributed by atoms with E-state index in [1.54, 1.807) is 0 Å². The van der Waals surface area contributed by atoms with Crippen molar-refractivity contribution in [3.63, 3.8) is 0 Å². The molecule has 2 fully saturated rings. The molecule has 22 heavy (non-hydrogen) atoms. The Morgan fingerprint density at radius 3 is 2.95 bits per heavy atom. The summed E-state index contributed by atoms with van der Waals surface area (Å²) in [6.07, 6.45) is 7.87. The SMILES string of the molecule is CCC1CC(CN2CCNCC2c2ccncc2)CCO1.Cl. The van der Waals surface area contributed by atoms with Crippen LogP contribution >= 0.6 is 12.4 Å². The van der Waals surface area contributed by atoms with Crippen LogP contribution in [0.2, 0.25) is 0 Å².